The Labute approximate surface area is 124 Å². The molecule has 1 aliphatic heterocycles. The second-order valence-electron chi connectivity index (χ2n) is 8.09. The standard InChI is InChI=1S/C18H32N2/c1-3-7-16(8-4-1)20-14-18(11-5-2-6-12-18)19-13-17(20)15-9-10-15/h15-17,19H,1-14H2. The zero-order chi connectivity index (χ0) is 13.4. The van der Waals surface area contributed by atoms with Gasteiger partial charge in [0.05, 0.1) is 0 Å². The van der Waals surface area contributed by atoms with Crippen molar-refractivity contribution in [1.82, 2.24) is 10.2 Å². The summed E-state index contributed by atoms with van der Waals surface area (Å²) < 4.78 is 0. The van der Waals surface area contributed by atoms with Crippen molar-refractivity contribution >= 4 is 0 Å². The average Bonchev–Trinajstić information content (AvgIpc) is 3.34. The third-order valence-electron chi connectivity index (χ3n) is 6.62. The summed E-state index contributed by atoms with van der Waals surface area (Å²) in [5.41, 5.74) is 0.501. The monoisotopic (exact) mass is 276 g/mol. The van der Waals surface area contributed by atoms with Gasteiger partial charge in [0, 0.05) is 30.7 Å². The number of hydrogen-bond acceptors (Lipinski definition) is 2. The smallest absolute Gasteiger partial charge is 0.0309 e. The lowest BCUT2D eigenvalue weighted by atomic mass is 9.78. The zero-order valence-corrected chi connectivity index (χ0v) is 13.1. The number of rotatable bonds is 2. The molecule has 0 bridgehead atoms. The predicted molar refractivity (Wildman–Crippen MR) is 83.9 cm³/mol. The number of hydrogen-bond donors (Lipinski definition) is 1. The van der Waals surface area contributed by atoms with Gasteiger partial charge in [-0.3, -0.25) is 4.90 Å². The largest absolute Gasteiger partial charge is 0.308 e. The molecule has 0 radical (unpaired) electrons. The summed E-state index contributed by atoms with van der Waals surface area (Å²) >= 11 is 0. The quantitative estimate of drug-likeness (QED) is 0.827. The van der Waals surface area contributed by atoms with Crippen LogP contribution in [-0.2, 0) is 0 Å². The predicted octanol–water partition coefficient (Wildman–Crippen LogP) is 3.71. The van der Waals surface area contributed by atoms with Gasteiger partial charge in [-0.15, -0.1) is 0 Å². The molecule has 1 saturated heterocycles. The molecule has 0 aromatic carbocycles. The van der Waals surface area contributed by atoms with Crippen molar-refractivity contribution in [3.8, 4) is 0 Å². The molecule has 4 fully saturated rings. The zero-order valence-electron chi connectivity index (χ0n) is 13.1. The van der Waals surface area contributed by atoms with Crippen molar-refractivity contribution in [3.63, 3.8) is 0 Å². The summed E-state index contributed by atoms with van der Waals surface area (Å²) in [4.78, 5) is 3.01. The topological polar surface area (TPSA) is 15.3 Å². The van der Waals surface area contributed by atoms with Crippen LogP contribution in [-0.4, -0.2) is 35.6 Å². The fourth-order valence-corrected chi connectivity index (χ4v) is 5.26. The van der Waals surface area contributed by atoms with Gasteiger partial charge in [-0.25, -0.2) is 0 Å². The van der Waals surface area contributed by atoms with Crippen molar-refractivity contribution in [2.45, 2.75) is 94.7 Å². The minimum absolute atomic E-state index is 0.501. The SMILES string of the molecule is C1CCC(N2CC3(CCCCC3)NCC2C2CC2)CC1. The van der Waals surface area contributed by atoms with E-state index in [-0.39, 0.29) is 0 Å². The fraction of sp³-hybridized carbons (Fsp3) is 1.00. The van der Waals surface area contributed by atoms with E-state index in [0.717, 1.165) is 18.0 Å². The average molecular weight is 276 g/mol. The molecule has 4 aliphatic rings. The maximum atomic E-state index is 4.03. The van der Waals surface area contributed by atoms with E-state index in [1.165, 1.54) is 90.1 Å². The first kappa shape index (κ1) is 13.6. The van der Waals surface area contributed by atoms with Gasteiger partial charge in [0.2, 0.25) is 0 Å². The van der Waals surface area contributed by atoms with E-state index in [2.05, 4.69) is 10.2 Å². The Morgan fingerprint density at radius 1 is 0.800 bits per heavy atom. The minimum Gasteiger partial charge on any atom is -0.308 e. The molecule has 1 atom stereocenters. The number of nitrogens with one attached hydrogen (secondary N) is 1. The van der Waals surface area contributed by atoms with Gasteiger partial charge in [0.1, 0.15) is 0 Å². The van der Waals surface area contributed by atoms with Crippen LogP contribution in [0, 0.1) is 5.92 Å². The molecule has 3 aliphatic carbocycles. The highest BCUT2D eigenvalue weighted by Crippen LogP contribution is 2.42. The highest BCUT2D eigenvalue weighted by Gasteiger charge is 2.46. The molecule has 1 spiro atoms. The Kier molecular flexibility index (Phi) is 3.80. The lowest BCUT2D eigenvalue weighted by Crippen LogP contribution is -2.67. The molecular formula is C18H32N2. The van der Waals surface area contributed by atoms with E-state index < -0.39 is 0 Å². The molecule has 3 saturated carbocycles. The molecule has 0 aromatic heterocycles. The van der Waals surface area contributed by atoms with Crippen LogP contribution in [0.25, 0.3) is 0 Å². The summed E-state index contributed by atoms with van der Waals surface area (Å²) in [6.45, 7) is 2.67. The van der Waals surface area contributed by atoms with Crippen LogP contribution in [0.15, 0.2) is 0 Å². The number of piperazine rings is 1. The first-order valence-electron chi connectivity index (χ1n) is 9.37. The Balaban J connectivity index is 1.50. The molecule has 0 aromatic rings. The van der Waals surface area contributed by atoms with E-state index in [0.29, 0.717) is 5.54 Å². The Hall–Kier alpha value is -0.0800. The highest BCUT2D eigenvalue weighted by atomic mass is 15.3. The molecule has 1 unspecified atom stereocenters. The van der Waals surface area contributed by atoms with Gasteiger partial charge >= 0.3 is 0 Å². The summed E-state index contributed by atoms with van der Waals surface area (Å²) in [5.74, 6) is 1.03. The van der Waals surface area contributed by atoms with E-state index >= 15 is 0 Å². The molecule has 2 heteroatoms. The van der Waals surface area contributed by atoms with Crippen molar-refractivity contribution in [3.05, 3.63) is 0 Å². The Morgan fingerprint density at radius 2 is 1.50 bits per heavy atom. The van der Waals surface area contributed by atoms with E-state index in [1.54, 1.807) is 0 Å². The van der Waals surface area contributed by atoms with Crippen molar-refractivity contribution in [2.24, 2.45) is 5.92 Å². The maximum Gasteiger partial charge on any atom is 0.0309 e. The van der Waals surface area contributed by atoms with Crippen LogP contribution in [0.3, 0.4) is 0 Å². The van der Waals surface area contributed by atoms with Gasteiger partial charge in [-0.2, -0.15) is 0 Å². The van der Waals surface area contributed by atoms with Crippen LogP contribution < -0.4 is 5.32 Å². The third kappa shape index (κ3) is 2.66. The fourth-order valence-electron chi connectivity index (χ4n) is 5.26. The van der Waals surface area contributed by atoms with Gasteiger partial charge in [0.15, 0.2) is 0 Å². The van der Waals surface area contributed by atoms with Crippen LogP contribution in [0.5, 0.6) is 0 Å². The molecule has 114 valence electrons. The molecule has 4 rings (SSSR count). The molecule has 2 nitrogen and oxygen atoms in total. The summed E-state index contributed by atoms with van der Waals surface area (Å²) in [5, 5.41) is 4.03. The molecular weight excluding hydrogens is 244 g/mol. The maximum absolute atomic E-state index is 4.03. The first-order chi connectivity index (χ1) is 9.86. The van der Waals surface area contributed by atoms with Gasteiger partial charge in [-0.1, -0.05) is 38.5 Å². The summed E-state index contributed by atoms with van der Waals surface area (Å²) in [7, 11) is 0. The Bertz CT molecular complexity index is 324. The van der Waals surface area contributed by atoms with Crippen LogP contribution in [0.4, 0.5) is 0 Å². The lowest BCUT2D eigenvalue weighted by Gasteiger charge is -2.53. The van der Waals surface area contributed by atoms with Gasteiger partial charge in [-0.05, 0) is 44.4 Å². The minimum atomic E-state index is 0.501. The van der Waals surface area contributed by atoms with Crippen LogP contribution in [0.2, 0.25) is 0 Å². The number of nitrogens with zero attached hydrogens (tertiary/aromatic N) is 1. The van der Waals surface area contributed by atoms with Crippen LogP contribution in [0.1, 0.15) is 77.0 Å². The van der Waals surface area contributed by atoms with Gasteiger partial charge in [0.25, 0.3) is 0 Å². The Morgan fingerprint density at radius 3 is 2.20 bits per heavy atom. The molecule has 0 amide bonds. The third-order valence-corrected chi connectivity index (χ3v) is 6.62. The summed E-state index contributed by atoms with van der Waals surface area (Å²) in [6.07, 6.45) is 17.7. The highest BCUT2D eigenvalue weighted by molar-refractivity contribution is 5.04. The van der Waals surface area contributed by atoms with Crippen LogP contribution >= 0.6 is 0 Å². The van der Waals surface area contributed by atoms with E-state index in [9.17, 15) is 0 Å². The second-order valence-corrected chi connectivity index (χ2v) is 8.09. The van der Waals surface area contributed by atoms with E-state index in [1.807, 2.05) is 0 Å². The lowest BCUT2D eigenvalue weighted by molar-refractivity contribution is 0.00404. The normalized spacial score (nSPS) is 36.3. The van der Waals surface area contributed by atoms with Crippen molar-refractivity contribution in [1.29, 1.82) is 0 Å². The van der Waals surface area contributed by atoms with Gasteiger partial charge < -0.3 is 5.32 Å². The first-order valence-corrected chi connectivity index (χ1v) is 9.37. The van der Waals surface area contributed by atoms with Crippen molar-refractivity contribution in [2.75, 3.05) is 13.1 Å². The molecule has 20 heavy (non-hydrogen) atoms. The van der Waals surface area contributed by atoms with Crippen molar-refractivity contribution < 1.29 is 0 Å². The molecule has 1 heterocycles. The van der Waals surface area contributed by atoms with E-state index in [4.69, 9.17) is 0 Å². The molecule has 1 N–H and O–H groups in total. The summed E-state index contributed by atoms with van der Waals surface area (Å²) in [6, 6.07) is 1.81. The second kappa shape index (κ2) is 5.61.